The molecule has 0 aliphatic rings. The zero-order valence-corrected chi connectivity index (χ0v) is 9.26. The summed E-state index contributed by atoms with van der Waals surface area (Å²) >= 11 is 3.34. The standard InChI is InChI=1S/C9H9BrN4O/c10-4-1-2-6-5(3-4)7(11)8(13-6)9(15)14-12/h1-3,13H,11-12H2,(H,14,15). The molecule has 0 saturated heterocycles. The number of nitrogen functional groups attached to an aromatic ring is 2. The van der Waals surface area contributed by atoms with Crippen LogP contribution in [0.2, 0.25) is 0 Å². The average molecular weight is 269 g/mol. The SMILES string of the molecule is NNC(=O)c1[nH]c2ccc(Br)cc2c1N. The predicted molar refractivity (Wildman–Crippen MR) is 62.1 cm³/mol. The van der Waals surface area contributed by atoms with Gasteiger partial charge in [-0.3, -0.25) is 10.2 Å². The first-order chi connectivity index (χ1) is 7.13. The smallest absolute Gasteiger partial charge is 0.283 e. The van der Waals surface area contributed by atoms with Gasteiger partial charge in [-0.25, -0.2) is 5.84 Å². The number of nitrogens with two attached hydrogens (primary N) is 2. The van der Waals surface area contributed by atoms with Crippen LogP contribution in [0.3, 0.4) is 0 Å². The van der Waals surface area contributed by atoms with Crippen LogP contribution in [0, 0.1) is 0 Å². The number of nitrogens with one attached hydrogen (secondary N) is 2. The average Bonchev–Trinajstić information content (AvgIpc) is 2.55. The summed E-state index contributed by atoms with van der Waals surface area (Å²) in [5.41, 5.74) is 9.33. The van der Waals surface area contributed by atoms with Gasteiger partial charge in [0.05, 0.1) is 5.69 Å². The van der Waals surface area contributed by atoms with E-state index in [1.165, 1.54) is 0 Å². The van der Waals surface area contributed by atoms with Gasteiger partial charge >= 0.3 is 0 Å². The quantitative estimate of drug-likeness (QED) is 0.354. The molecule has 5 nitrogen and oxygen atoms in total. The predicted octanol–water partition coefficient (Wildman–Crippen LogP) is 1.12. The van der Waals surface area contributed by atoms with Crippen molar-refractivity contribution in [1.82, 2.24) is 10.4 Å². The highest BCUT2D eigenvalue weighted by atomic mass is 79.9. The number of benzene rings is 1. The van der Waals surface area contributed by atoms with Gasteiger partial charge in [-0.1, -0.05) is 15.9 Å². The van der Waals surface area contributed by atoms with E-state index in [1.54, 1.807) is 0 Å². The largest absolute Gasteiger partial charge is 0.396 e. The summed E-state index contributed by atoms with van der Waals surface area (Å²) in [4.78, 5) is 14.2. The fourth-order valence-corrected chi connectivity index (χ4v) is 1.80. The molecule has 0 saturated carbocycles. The summed E-state index contributed by atoms with van der Waals surface area (Å²) in [5, 5.41) is 0.794. The van der Waals surface area contributed by atoms with Gasteiger partial charge in [0.1, 0.15) is 5.69 Å². The molecule has 0 aliphatic heterocycles. The number of rotatable bonds is 1. The van der Waals surface area contributed by atoms with E-state index >= 15 is 0 Å². The van der Waals surface area contributed by atoms with Crippen molar-refractivity contribution in [3.8, 4) is 0 Å². The Balaban J connectivity index is 2.69. The van der Waals surface area contributed by atoms with Crippen LogP contribution < -0.4 is 17.0 Å². The third-order valence-electron chi connectivity index (χ3n) is 2.16. The first-order valence-corrected chi connectivity index (χ1v) is 5.00. The Bertz CT molecular complexity index is 534. The van der Waals surface area contributed by atoms with E-state index in [9.17, 15) is 4.79 Å². The number of hydrogen-bond acceptors (Lipinski definition) is 3. The highest BCUT2D eigenvalue weighted by molar-refractivity contribution is 9.10. The molecular weight excluding hydrogens is 260 g/mol. The molecule has 15 heavy (non-hydrogen) atoms. The Morgan fingerprint density at radius 2 is 2.20 bits per heavy atom. The fraction of sp³-hybridized carbons (Fsp3) is 0. The molecule has 1 amide bonds. The summed E-state index contributed by atoms with van der Waals surface area (Å²) in [5.74, 6) is 4.61. The molecule has 6 heteroatoms. The number of anilines is 1. The lowest BCUT2D eigenvalue weighted by atomic mass is 10.2. The highest BCUT2D eigenvalue weighted by Crippen LogP contribution is 2.27. The van der Waals surface area contributed by atoms with Crippen molar-refractivity contribution < 1.29 is 4.79 Å². The molecule has 6 N–H and O–H groups in total. The third-order valence-corrected chi connectivity index (χ3v) is 2.65. The van der Waals surface area contributed by atoms with Gasteiger partial charge in [0.2, 0.25) is 0 Å². The van der Waals surface area contributed by atoms with Gasteiger partial charge in [0.15, 0.2) is 0 Å². The van der Waals surface area contributed by atoms with E-state index < -0.39 is 5.91 Å². The Morgan fingerprint density at radius 3 is 2.87 bits per heavy atom. The van der Waals surface area contributed by atoms with Crippen LogP contribution in [0.1, 0.15) is 10.5 Å². The van der Waals surface area contributed by atoms with Gasteiger partial charge in [-0.05, 0) is 18.2 Å². The highest BCUT2D eigenvalue weighted by Gasteiger charge is 2.14. The number of carbonyl (C=O) groups is 1. The minimum Gasteiger partial charge on any atom is -0.396 e. The first-order valence-electron chi connectivity index (χ1n) is 4.21. The molecule has 1 aromatic carbocycles. The second kappa shape index (κ2) is 3.56. The molecule has 1 heterocycles. The van der Waals surface area contributed by atoms with Gasteiger partial charge in [-0.2, -0.15) is 0 Å². The number of H-pyrrole nitrogens is 1. The molecule has 2 aromatic rings. The lowest BCUT2D eigenvalue weighted by Gasteiger charge is -1.96. The minimum absolute atomic E-state index is 0.283. The van der Waals surface area contributed by atoms with Crippen LogP contribution in [-0.4, -0.2) is 10.9 Å². The molecule has 0 aliphatic carbocycles. The van der Waals surface area contributed by atoms with Gasteiger partial charge in [0, 0.05) is 15.4 Å². The van der Waals surface area contributed by atoms with Crippen LogP contribution in [-0.2, 0) is 0 Å². The van der Waals surface area contributed by atoms with Crippen molar-refractivity contribution in [1.29, 1.82) is 0 Å². The van der Waals surface area contributed by atoms with E-state index in [0.29, 0.717) is 5.69 Å². The second-order valence-corrected chi connectivity index (χ2v) is 3.99. The molecule has 2 rings (SSSR count). The van der Waals surface area contributed by atoms with Crippen molar-refractivity contribution in [3.63, 3.8) is 0 Å². The Labute approximate surface area is 93.9 Å². The topological polar surface area (TPSA) is 96.9 Å². The number of fused-ring (bicyclic) bond motifs is 1. The fourth-order valence-electron chi connectivity index (χ4n) is 1.44. The van der Waals surface area contributed by atoms with Gasteiger partial charge in [0.25, 0.3) is 5.91 Å². The van der Waals surface area contributed by atoms with Crippen molar-refractivity contribution in [2.24, 2.45) is 5.84 Å². The van der Waals surface area contributed by atoms with Crippen LogP contribution >= 0.6 is 15.9 Å². The number of aromatic nitrogens is 1. The van der Waals surface area contributed by atoms with Crippen LogP contribution in [0.25, 0.3) is 10.9 Å². The minimum atomic E-state index is -0.431. The van der Waals surface area contributed by atoms with E-state index in [2.05, 4.69) is 20.9 Å². The summed E-state index contributed by atoms with van der Waals surface area (Å²) in [6.45, 7) is 0. The summed E-state index contributed by atoms with van der Waals surface area (Å²) in [6.07, 6.45) is 0. The van der Waals surface area contributed by atoms with E-state index in [1.807, 2.05) is 23.6 Å². The number of hydrogen-bond donors (Lipinski definition) is 4. The van der Waals surface area contributed by atoms with Crippen LogP contribution in [0.15, 0.2) is 22.7 Å². The van der Waals surface area contributed by atoms with E-state index in [0.717, 1.165) is 15.4 Å². The molecule has 1 aromatic heterocycles. The molecule has 0 unspecified atom stereocenters. The monoisotopic (exact) mass is 268 g/mol. The Morgan fingerprint density at radius 1 is 1.47 bits per heavy atom. The molecule has 0 fully saturated rings. The van der Waals surface area contributed by atoms with Crippen LogP contribution in [0.4, 0.5) is 5.69 Å². The molecule has 78 valence electrons. The molecule has 0 spiro atoms. The number of hydrazine groups is 1. The lowest BCUT2D eigenvalue weighted by molar-refractivity contribution is 0.0950. The van der Waals surface area contributed by atoms with Gasteiger partial charge < -0.3 is 10.7 Å². The molecule has 0 radical (unpaired) electrons. The summed E-state index contributed by atoms with van der Waals surface area (Å²) in [7, 11) is 0. The Hall–Kier alpha value is -1.53. The summed E-state index contributed by atoms with van der Waals surface area (Å²) < 4.78 is 0.903. The van der Waals surface area contributed by atoms with E-state index in [4.69, 9.17) is 11.6 Å². The maximum atomic E-state index is 11.3. The third kappa shape index (κ3) is 1.57. The lowest BCUT2D eigenvalue weighted by Crippen LogP contribution is -2.30. The zero-order valence-electron chi connectivity index (χ0n) is 7.67. The zero-order chi connectivity index (χ0) is 11.0. The number of amides is 1. The molecular formula is C9H9BrN4O. The number of carbonyl (C=O) groups excluding carboxylic acids is 1. The number of halogens is 1. The number of aromatic amines is 1. The van der Waals surface area contributed by atoms with Crippen molar-refractivity contribution >= 4 is 38.4 Å². The molecule has 0 bridgehead atoms. The second-order valence-electron chi connectivity index (χ2n) is 3.08. The maximum Gasteiger partial charge on any atom is 0.283 e. The van der Waals surface area contributed by atoms with E-state index in [-0.39, 0.29) is 5.69 Å². The van der Waals surface area contributed by atoms with Gasteiger partial charge in [-0.15, -0.1) is 0 Å². The first kappa shape index (κ1) is 10.0. The Kier molecular flexibility index (Phi) is 2.37. The maximum absolute atomic E-state index is 11.3. The molecule has 0 atom stereocenters. The van der Waals surface area contributed by atoms with Crippen LogP contribution in [0.5, 0.6) is 0 Å². The normalized spacial score (nSPS) is 10.5. The van der Waals surface area contributed by atoms with Crippen molar-refractivity contribution in [2.45, 2.75) is 0 Å². The summed E-state index contributed by atoms with van der Waals surface area (Å²) in [6, 6.07) is 5.54. The van der Waals surface area contributed by atoms with Crippen molar-refractivity contribution in [3.05, 3.63) is 28.4 Å². The van der Waals surface area contributed by atoms with Crippen molar-refractivity contribution in [2.75, 3.05) is 5.73 Å².